The molecule has 2 aromatic heterocycles. The number of hydrogen-bond donors (Lipinski definition) is 2. The second-order valence-corrected chi connectivity index (χ2v) is 9.02. The standard InChI is InChI=1S/C27H25Cl2N5/c1-30-14-7-15-31-26-20-11-6-12-22(28)24(20)32-27(33-26)21-17-34(16-18-8-3-2-4-9-18)25-19(21)10-5-13-23(25)29/h2-6,8-13,17,30H,7,14-16H2,1H3,(H,31,32,33). The summed E-state index contributed by atoms with van der Waals surface area (Å²) in [4.78, 5) is 9.85. The zero-order valence-corrected chi connectivity index (χ0v) is 20.4. The summed E-state index contributed by atoms with van der Waals surface area (Å²) in [6, 6.07) is 22.1. The molecule has 0 saturated heterocycles. The smallest absolute Gasteiger partial charge is 0.164 e. The highest BCUT2D eigenvalue weighted by molar-refractivity contribution is 6.36. The maximum Gasteiger partial charge on any atom is 0.164 e. The van der Waals surface area contributed by atoms with Crippen molar-refractivity contribution in [2.24, 2.45) is 0 Å². The van der Waals surface area contributed by atoms with Crippen LogP contribution in [-0.2, 0) is 6.54 Å². The van der Waals surface area contributed by atoms with Crippen LogP contribution < -0.4 is 10.6 Å². The van der Waals surface area contributed by atoms with Crippen molar-refractivity contribution in [2.75, 3.05) is 25.5 Å². The fourth-order valence-corrected chi connectivity index (χ4v) is 4.74. The van der Waals surface area contributed by atoms with Gasteiger partial charge in [0, 0.05) is 35.6 Å². The van der Waals surface area contributed by atoms with E-state index in [1.807, 2.05) is 55.6 Å². The lowest BCUT2D eigenvalue weighted by molar-refractivity contribution is 0.747. The Morgan fingerprint density at radius 3 is 2.38 bits per heavy atom. The summed E-state index contributed by atoms with van der Waals surface area (Å²) >= 11 is 13.3. The van der Waals surface area contributed by atoms with Crippen LogP contribution in [0.4, 0.5) is 5.82 Å². The first-order chi connectivity index (χ1) is 16.7. The van der Waals surface area contributed by atoms with Gasteiger partial charge in [-0.2, -0.15) is 0 Å². The average molecular weight is 490 g/mol. The number of nitrogens with one attached hydrogen (secondary N) is 2. The van der Waals surface area contributed by atoms with Gasteiger partial charge < -0.3 is 15.2 Å². The van der Waals surface area contributed by atoms with Crippen LogP contribution in [0, 0.1) is 0 Å². The first-order valence-electron chi connectivity index (χ1n) is 11.3. The highest BCUT2D eigenvalue weighted by atomic mass is 35.5. The minimum atomic E-state index is 0.602. The van der Waals surface area contributed by atoms with Crippen LogP contribution in [-0.4, -0.2) is 34.7 Å². The van der Waals surface area contributed by atoms with E-state index in [1.165, 1.54) is 5.56 Å². The van der Waals surface area contributed by atoms with Crippen molar-refractivity contribution in [1.29, 1.82) is 0 Å². The first-order valence-corrected chi connectivity index (χ1v) is 12.1. The summed E-state index contributed by atoms with van der Waals surface area (Å²) in [5, 5.41) is 9.88. The summed E-state index contributed by atoms with van der Waals surface area (Å²) in [6.45, 7) is 2.42. The molecule has 0 aliphatic heterocycles. The van der Waals surface area contributed by atoms with Crippen LogP contribution in [0.3, 0.4) is 0 Å². The second-order valence-electron chi connectivity index (χ2n) is 8.21. The third-order valence-electron chi connectivity index (χ3n) is 5.86. The van der Waals surface area contributed by atoms with Gasteiger partial charge in [0.15, 0.2) is 5.82 Å². The molecule has 5 nitrogen and oxygen atoms in total. The van der Waals surface area contributed by atoms with Gasteiger partial charge in [-0.25, -0.2) is 9.97 Å². The van der Waals surface area contributed by atoms with Crippen LogP contribution in [0.15, 0.2) is 72.9 Å². The molecule has 5 aromatic rings. The Morgan fingerprint density at radius 1 is 0.824 bits per heavy atom. The SMILES string of the molecule is CNCCCNc1nc(-c2cn(Cc3ccccc3)c3c(Cl)cccc23)nc2c(Cl)cccc12. The quantitative estimate of drug-likeness (QED) is 0.240. The van der Waals surface area contributed by atoms with Crippen molar-refractivity contribution in [2.45, 2.75) is 13.0 Å². The van der Waals surface area contributed by atoms with E-state index in [4.69, 9.17) is 33.2 Å². The van der Waals surface area contributed by atoms with E-state index in [0.717, 1.165) is 52.7 Å². The lowest BCUT2D eigenvalue weighted by Gasteiger charge is -2.11. The van der Waals surface area contributed by atoms with Crippen LogP contribution in [0.1, 0.15) is 12.0 Å². The molecule has 0 aliphatic carbocycles. The molecule has 0 spiro atoms. The topological polar surface area (TPSA) is 54.8 Å². The lowest BCUT2D eigenvalue weighted by Crippen LogP contribution is -2.13. The van der Waals surface area contributed by atoms with Crippen molar-refractivity contribution in [3.63, 3.8) is 0 Å². The molecule has 0 amide bonds. The highest BCUT2D eigenvalue weighted by Crippen LogP contribution is 2.36. The first kappa shape index (κ1) is 22.7. The van der Waals surface area contributed by atoms with Crippen LogP contribution in [0.25, 0.3) is 33.2 Å². The van der Waals surface area contributed by atoms with E-state index in [2.05, 4.69) is 39.6 Å². The van der Waals surface area contributed by atoms with Gasteiger partial charge in [0.2, 0.25) is 0 Å². The van der Waals surface area contributed by atoms with Crippen molar-refractivity contribution in [1.82, 2.24) is 19.9 Å². The molecule has 7 heteroatoms. The predicted molar refractivity (Wildman–Crippen MR) is 143 cm³/mol. The van der Waals surface area contributed by atoms with Gasteiger partial charge in [0.1, 0.15) is 5.82 Å². The van der Waals surface area contributed by atoms with Gasteiger partial charge in [-0.3, -0.25) is 0 Å². The number of hydrogen-bond acceptors (Lipinski definition) is 4. The third-order valence-corrected chi connectivity index (χ3v) is 6.47. The maximum atomic E-state index is 6.68. The Hall–Kier alpha value is -3.12. The lowest BCUT2D eigenvalue weighted by atomic mass is 10.1. The Labute approximate surface area is 208 Å². The van der Waals surface area contributed by atoms with Crippen molar-refractivity contribution in [3.8, 4) is 11.4 Å². The number of aromatic nitrogens is 3. The van der Waals surface area contributed by atoms with Crippen LogP contribution >= 0.6 is 23.2 Å². The minimum absolute atomic E-state index is 0.602. The predicted octanol–water partition coefficient (Wildman–Crippen LogP) is 6.63. The molecule has 0 radical (unpaired) electrons. The number of benzene rings is 3. The summed E-state index contributed by atoms with van der Waals surface area (Å²) in [5.41, 5.74) is 3.82. The molecule has 0 unspecified atom stereocenters. The van der Waals surface area contributed by atoms with Gasteiger partial charge in [0.05, 0.1) is 21.1 Å². The summed E-state index contributed by atoms with van der Waals surface area (Å²) in [5.74, 6) is 1.40. The van der Waals surface area contributed by atoms with Gasteiger partial charge in [-0.05, 0) is 43.8 Å². The molecule has 0 atom stereocenters. The van der Waals surface area contributed by atoms with E-state index in [0.29, 0.717) is 22.4 Å². The fourth-order valence-electron chi connectivity index (χ4n) is 4.24. The normalized spacial score (nSPS) is 11.4. The van der Waals surface area contributed by atoms with E-state index in [-0.39, 0.29) is 0 Å². The monoisotopic (exact) mass is 489 g/mol. The molecule has 0 saturated carbocycles. The molecule has 3 aromatic carbocycles. The Balaban J connectivity index is 1.66. The van der Waals surface area contributed by atoms with E-state index >= 15 is 0 Å². The van der Waals surface area contributed by atoms with Gasteiger partial charge >= 0.3 is 0 Å². The molecule has 0 fully saturated rings. The molecular formula is C27H25Cl2N5. The van der Waals surface area contributed by atoms with Gasteiger partial charge in [0.25, 0.3) is 0 Å². The Morgan fingerprint density at radius 2 is 1.59 bits per heavy atom. The van der Waals surface area contributed by atoms with E-state index < -0.39 is 0 Å². The van der Waals surface area contributed by atoms with Crippen LogP contribution in [0.2, 0.25) is 10.0 Å². The molecule has 0 bridgehead atoms. The highest BCUT2D eigenvalue weighted by Gasteiger charge is 2.18. The van der Waals surface area contributed by atoms with Crippen molar-refractivity contribution in [3.05, 3.63) is 88.5 Å². The molecule has 0 aliphatic rings. The molecule has 5 rings (SSSR count). The van der Waals surface area contributed by atoms with E-state index in [9.17, 15) is 0 Å². The number of fused-ring (bicyclic) bond motifs is 2. The fraction of sp³-hybridized carbons (Fsp3) is 0.185. The molecule has 34 heavy (non-hydrogen) atoms. The number of para-hydroxylation sites is 2. The molecule has 2 heterocycles. The Kier molecular flexibility index (Phi) is 6.68. The zero-order chi connectivity index (χ0) is 23.5. The van der Waals surface area contributed by atoms with Crippen LogP contribution in [0.5, 0.6) is 0 Å². The molecule has 2 N–H and O–H groups in total. The van der Waals surface area contributed by atoms with Crippen molar-refractivity contribution >= 4 is 50.8 Å². The second kappa shape index (κ2) is 10.0. The van der Waals surface area contributed by atoms with Crippen molar-refractivity contribution < 1.29 is 0 Å². The molecule has 172 valence electrons. The Bertz CT molecular complexity index is 1450. The van der Waals surface area contributed by atoms with Gasteiger partial charge in [-0.1, -0.05) is 71.7 Å². The zero-order valence-electron chi connectivity index (χ0n) is 18.9. The van der Waals surface area contributed by atoms with Gasteiger partial charge in [-0.15, -0.1) is 0 Å². The maximum absolute atomic E-state index is 6.68. The average Bonchev–Trinajstić information content (AvgIpc) is 3.22. The molecular weight excluding hydrogens is 465 g/mol. The number of rotatable bonds is 8. The summed E-state index contributed by atoms with van der Waals surface area (Å²) < 4.78 is 2.17. The number of halogens is 2. The third kappa shape index (κ3) is 4.47. The largest absolute Gasteiger partial charge is 0.369 e. The summed E-state index contributed by atoms with van der Waals surface area (Å²) in [7, 11) is 1.95. The van der Waals surface area contributed by atoms with E-state index in [1.54, 1.807) is 0 Å². The number of anilines is 1. The summed E-state index contributed by atoms with van der Waals surface area (Å²) in [6.07, 6.45) is 3.07. The number of nitrogens with zero attached hydrogens (tertiary/aromatic N) is 3. The minimum Gasteiger partial charge on any atom is -0.369 e.